The topological polar surface area (TPSA) is 402 Å². The van der Waals surface area contributed by atoms with Crippen LogP contribution in [0, 0.1) is 11.8 Å². The summed E-state index contributed by atoms with van der Waals surface area (Å²) in [5.74, 6) is -11.5. The molecule has 16 N–H and O–H groups in total. The van der Waals surface area contributed by atoms with Gasteiger partial charge in [0.05, 0.1) is 12.6 Å². The third-order valence-electron chi connectivity index (χ3n) is 9.11. The molecule has 0 spiro atoms. The van der Waals surface area contributed by atoms with Gasteiger partial charge in [-0.3, -0.25) is 43.2 Å². The number of nitrogens with one attached hydrogen (secondary N) is 6. The normalized spacial score (nSPS) is 15.1. The lowest BCUT2D eigenvalue weighted by atomic mass is 9.96. The molecule has 0 aromatic carbocycles. The molecule has 0 heterocycles. The third kappa shape index (κ3) is 21.8. The summed E-state index contributed by atoms with van der Waals surface area (Å²) >= 11 is 0. The molecular formula is C36H63N9O14. The largest absolute Gasteiger partial charge is 0.481 e. The second-order valence-electron chi connectivity index (χ2n) is 14.6. The van der Waals surface area contributed by atoms with Gasteiger partial charge in [-0.15, -0.1) is 0 Å². The first-order chi connectivity index (χ1) is 27.6. The smallest absolute Gasteiger partial charge is 0.326 e. The molecule has 0 aromatic heterocycles. The summed E-state index contributed by atoms with van der Waals surface area (Å²) in [6.07, 6.45) is -1.53. The Bertz CT molecular complexity index is 1460. The van der Waals surface area contributed by atoms with E-state index < -0.39 is 140 Å². The van der Waals surface area contributed by atoms with Crippen LogP contribution in [0.5, 0.6) is 0 Å². The van der Waals surface area contributed by atoms with Gasteiger partial charge in [0.1, 0.15) is 36.3 Å². The second-order valence-corrected chi connectivity index (χ2v) is 14.6. The van der Waals surface area contributed by atoms with Crippen LogP contribution in [-0.2, 0) is 47.9 Å². The molecule has 0 aromatic rings. The van der Waals surface area contributed by atoms with Gasteiger partial charge < -0.3 is 69.5 Å². The molecule has 336 valence electrons. The van der Waals surface area contributed by atoms with Crippen LogP contribution in [0.3, 0.4) is 0 Å². The molecule has 0 aliphatic rings. The number of carboxylic acid groups (broad SMARTS) is 3. The number of carbonyl (C=O) groups is 10. The summed E-state index contributed by atoms with van der Waals surface area (Å²) in [7, 11) is 0. The number of aliphatic carboxylic acids is 3. The Hall–Kier alpha value is -5.42. The molecule has 0 rings (SSSR count). The Morgan fingerprint density at radius 2 is 1.02 bits per heavy atom. The average molecular weight is 846 g/mol. The molecule has 0 aliphatic heterocycles. The van der Waals surface area contributed by atoms with Crippen LogP contribution in [0.25, 0.3) is 0 Å². The summed E-state index contributed by atoms with van der Waals surface area (Å²) in [5.41, 5.74) is 16.3. The van der Waals surface area contributed by atoms with Crippen molar-refractivity contribution < 1.29 is 68.4 Å². The molecule has 59 heavy (non-hydrogen) atoms. The van der Waals surface area contributed by atoms with Crippen LogP contribution in [0.2, 0.25) is 0 Å². The molecule has 0 saturated carbocycles. The van der Waals surface area contributed by atoms with Crippen molar-refractivity contribution >= 4 is 59.3 Å². The van der Waals surface area contributed by atoms with Crippen LogP contribution in [0.1, 0.15) is 98.3 Å². The Labute approximate surface area is 342 Å². The SMILES string of the molecule is CC[C@H](C)[C@H](NC(=O)[C@H](CC(C)C)NC(=O)[C@H](CCC(=O)O)NC(=O)[C@H](CCC(=O)O)NC(=O)[C@@H](N)CCC(N)=O)C(=O)N[C@@H](CO)C(=O)N[C@@H](CCCCN)C(=O)O. The molecule has 23 nitrogen and oxygen atoms in total. The third-order valence-corrected chi connectivity index (χ3v) is 9.11. The van der Waals surface area contributed by atoms with Gasteiger partial charge in [-0.2, -0.15) is 0 Å². The maximum Gasteiger partial charge on any atom is 0.326 e. The molecule has 0 unspecified atom stereocenters. The number of aliphatic hydroxyl groups is 1. The highest BCUT2D eigenvalue weighted by molar-refractivity contribution is 5.97. The zero-order valence-corrected chi connectivity index (χ0v) is 34.0. The number of rotatable bonds is 31. The number of carboxylic acids is 3. The minimum absolute atomic E-state index is 0.0328. The van der Waals surface area contributed by atoms with Crippen LogP contribution in [0.4, 0.5) is 0 Å². The van der Waals surface area contributed by atoms with E-state index in [4.69, 9.17) is 17.2 Å². The van der Waals surface area contributed by atoms with Crippen molar-refractivity contribution in [1.82, 2.24) is 31.9 Å². The molecule has 0 radical (unpaired) electrons. The van der Waals surface area contributed by atoms with E-state index in [1.165, 1.54) is 0 Å². The monoisotopic (exact) mass is 845 g/mol. The maximum absolute atomic E-state index is 13.8. The fourth-order valence-corrected chi connectivity index (χ4v) is 5.46. The summed E-state index contributed by atoms with van der Waals surface area (Å²) < 4.78 is 0. The first kappa shape index (κ1) is 53.6. The van der Waals surface area contributed by atoms with Gasteiger partial charge in [0, 0.05) is 19.3 Å². The van der Waals surface area contributed by atoms with E-state index >= 15 is 0 Å². The second kappa shape index (κ2) is 28.1. The van der Waals surface area contributed by atoms with Gasteiger partial charge in [0.25, 0.3) is 0 Å². The van der Waals surface area contributed by atoms with Gasteiger partial charge in [-0.25, -0.2) is 4.79 Å². The van der Waals surface area contributed by atoms with Crippen LogP contribution in [0.15, 0.2) is 0 Å². The van der Waals surface area contributed by atoms with Gasteiger partial charge in [-0.1, -0.05) is 34.1 Å². The molecule has 0 saturated heterocycles. The Morgan fingerprint density at radius 3 is 1.46 bits per heavy atom. The van der Waals surface area contributed by atoms with Crippen molar-refractivity contribution in [2.45, 2.75) is 141 Å². The van der Waals surface area contributed by atoms with Gasteiger partial charge in [0.15, 0.2) is 0 Å². The minimum Gasteiger partial charge on any atom is -0.481 e. The van der Waals surface area contributed by atoms with E-state index in [0.717, 1.165) is 0 Å². The lowest BCUT2D eigenvalue weighted by Gasteiger charge is -2.29. The van der Waals surface area contributed by atoms with Gasteiger partial charge >= 0.3 is 17.9 Å². The number of amides is 7. The number of nitrogens with two attached hydrogens (primary N) is 3. The van der Waals surface area contributed by atoms with E-state index in [1.807, 2.05) is 0 Å². The van der Waals surface area contributed by atoms with Crippen LogP contribution in [-0.4, -0.2) is 135 Å². The van der Waals surface area contributed by atoms with E-state index in [-0.39, 0.29) is 31.6 Å². The van der Waals surface area contributed by atoms with Crippen molar-refractivity contribution in [3.63, 3.8) is 0 Å². The fourth-order valence-electron chi connectivity index (χ4n) is 5.46. The molecule has 0 bridgehead atoms. The first-order valence-electron chi connectivity index (χ1n) is 19.4. The minimum atomic E-state index is -1.64. The standard InChI is InChI=1S/C36H63N9O14/c1-5-19(4)29(35(57)44-25(17-46)34(56)42-23(36(58)59)8-6-7-15-37)45-33(55)24(16-18(2)3)43-32(54)22(11-14-28(50)51)41-31(53)21(10-13-27(48)49)40-30(52)20(38)9-12-26(39)47/h18-25,29,46H,5-17,37-38H2,1-4H3,(H2,39,47)(H,40,52)(H,41,53)(H,42,56)(H,43,54)(H,44,57)(H,45,55)(H,48,49)(H,50,51)(H,58,59)/t19-,20-,21-,22-,23-,24-,25-,29-/m0/s1. The number of aliphatic hydroxyl groups excluding tert-OH is 1. The van der Waals surface area contributed by atoms with Crippen molar-refractivity contribution in [2.75, 3.05) is 13.2 Å². The Morgan fingerprint density at radius 1 is 0.559 bits per heavy atom. The highest BCUT2D eigenvalue weighted by atomic mass is 16.4. The van der Waals surface area contributed by atoms with E-state index in [9.17, 15) is 68.4 Å². The van der Waals surface area contributed by atoms with Gasteiger partial charge in [-0.05, 0) is 63.3 Å². The number of primary amides is 1. The summed E-state index contributed by atoms with van der Waals surface area (Å²) in [5, 5.41) is 52.3. The number of carbonyl (C=O) groups excluding carboxylic acids is 7. The predicted octanol–water partition coefficient (Wildman–Crippen LogP) is -3.48. The maximum atomic E-state index is 13.8. The van der Waals surface area contributed by atoms with Crippen molar-refractivity contribution in [3.05, 3.63) is 0 Å². The predicted molar refractivity (Wildman–Crippen MR) is 208 cm³/mol. The quantitative estimate of drug-likeness (QED) is 0.0301. The summed E-state index contributed by atoms with van der Waals surface area (Å²) in [4.78, 5) is 126. The van der Waals surface area contributed by atoms with Crippen molar-refractivity contribution in [2.24, 2.45) is 29.0 Å². The number of hydrogen-bond donors (Lipinski definition) is 13. The zero-order valence-electron chi connectivity index (χ0n) is 34.0. The fraction of sp³-hybridized carbons (Fsp3) is 0.722. The summed E-state index contributed by atoms with van der Waals surface area (Å²) in [6, 6.07) is -10.2. The van der Waals surface area contributed by atoms with E-state index in [2.05, 4.69) is 31.9 Å². The lowest BCUT2D eigenvalue weighted by Crippen LogP contribution is -2.61. The zero-order chi connectivity index (χ0) is 45.4. The molecule has 23 heteroatoms. The molecular weight excluding hydrogens is 782 g/mol. The van der Waals surface area contributed by atoms with E-state index in [0.29, 0.717) is 25.8 Å². The highest BCUT2D eigenvalue weighted by Gasteiger charge is 2.35. The Kier molecular flexibility index (Phi) is 25.5. The Balaban J connectivity index is 6.32. The van der Waals surface area contributed by atoms with Crippen LogP contribution >= 0.6 is 0 Å². The lowest BCUT2D eigenvalue weighted by molar-refractivity contribution is -0.143. The summed E-state index contributed by atoms with van der Waals surface area (Å²) in [6.45, 7) is 6.11. The van der Waals surface area contributed by atoms with Crippen LogP contribution < -0.4 is 49.1 Å². The molecule has 7 amide bonds. The molecule has 0 aliphatic carbocycles. The average Bonchev–Trinajstić information content (AvgIpc) is 3.16. The number of hydrogen-bond acceptors (Lipinski definition) is 13. The number of unbranched alkanes of at least 4 members (excludes halogenated alkanes) is 1. The van der Waals surface area contributed by atoms with Crippen molar-refractivity contribution in [1.29, 1.82) is 0 Å². The molecule has 8 atom stereocenters. The first-order valence-corrected chi connectivity index (χ1v) is 19.4. The molecule has 0 fully saturated rings. The van der Waals surface area contributed by atoms with Crippen molar-refractivity contribution in [3.8, 4) is 0 Å². The van der Waals surface area contributed by atoms with Gasteiger partial charge in [0.2, 0.25) is 41.4 Å². The highest BCUT2D eigenvalue weighted by Crippen LogP contribution is 2.13. The van der Waals surface area contributed by atoms with E-state index in [1.54, 1.807) is 27.7 Å².